The molecule has 25 heavy (non-hydrogen) atoms. The van der Waals surface area contributed by atoms with Gasteiger partial charge in [-0.15, -0.1) is 22.7 Å². The van der Waals surface area contributed by atoms with E-state index < -0.39 is 0 Å². The van der Waals surface area contributed by atoms with Gasteiger partial charge >= 0.3 is 0 Å². The second kappa shape index (κ2) is 7.27. The van der Waals surface area contributed by atoms with Crippen molar-refractivity contribution in [2.75, 3.05) is 6.54 Å². The largest absolute Gasteiger partial charge is 0.336 e. The number of carbonyl (C=O) groups is 1. The Labute approximate surface area is 158 Å². The molecule has 0 aliphatic carbocycles. The Balaban J connectivity index is 1.84. The number of rotatable bonds is 5. The standard InChI is InChI=1S/C17H18ClN3O2S2/c1-4-20(7-12-5-6-13(18)25-12)14(22)8-21-9-19-16-15(17(21)23)10(2)11(3)24-16/h5-6,9H,4,7-8H2,1-3H3. The lowest BCUT2D eigenvalue weighted by molar-refractivity contribution is -0.132. The third kappa shape index (κ3) is 3.63. The van der Waals surface area contributed by atoms with Gasteiger partial charge in [0.15, 0.2) is 0 Å². The van der Waals surface area contributed by atoms with Crippen molar-refractivity contribution >= 4 is 50.4 Å². The molecule has 0 aliphatic rings. The van der Waals surface area contributed by atoms with Crippen molar-refractivity contribution in [3.63, 3.8) is 0 Å². The smallest absolute Gasteiger partial charge is 0.262 e. The second-order valence-electron chi connectivity index (χ2n) is 5.75. The van der Waals surface area contributed by atoms with Gasteiger partial charge in [-0.1, -0.05) is 11.6 Å². The van der Waals surface area contributed by atoms with Crippen molar-refractivity contribution in [2.45, 2.75) is 33.9 Å². The van der Waals surface area contributed by atoms with Crippen LogP contribution in [0.3, 0.4) is 0 Å². The average Bonchev–Trinajstić information content (AvgIpc) is 3.11. The number of hydrogen-bond acceptors (Lipinski definition) is 5. The second-order valence-corrected chi connectivity index (χ2v) is 8.76. The Morgan fingerprint density at radius 3 is 2.72 bits per heavy atom. The molecule has 0 unspecified atom stereocenters. The van der Waals surface area contributed by atoms with Crippen LogP contribution in [-0.2, 0) is 17.9 Å². The van der Waals surface area contributed by atoms with E-state index in [1.54, 1.807) is 4.90 Å². The van der Waals surface area contributed by atoms with Crippen molar-refractivity contribution < 1.29 is 4.79 Å². The van der Waals surface area contributed by atoms with Gasteiger partial charge < -0.3 is 4.90 Å². The predicted octanol–water partition coefficient (Wildman–Crippen LogP) is 3.84. The summed E-state index contributed by atoms with van der Waals surface area (Å²) in [7, 11) is 0. The Hall–Kier alpha value is -1.70. The first-order chi connectivity index (χ1) is 11.9. The zero-order chi connectivity index (χ0) is 18.1. The highest BCUT2D eigenvalue weighted by molar-refractivity contribution is 7.18. The van der Waals surface area contributed by atoms with Gasteiger partial charge in [-0.3, -0.25) is 14.2 Å². The van der Waals surface area contributed by atoms with E-state index >= 15 is 0 Å². The summed E-state index contributed by atoms with van der Waals surface area (Å²) in [6.45, 7) is 6.86. The lowest BCUT2D eigenvalue weighted by Crippen LogP contribution is -2.36. The highest BCUT2D eigenvalue weighted by Crippen LogP contribution is 2.25. The molecule has 1 amide bonds. The van der Waals surface area contributed by atoms with E-state index in [4.69, 9.17) is 11.6 Å². The molecule has 0 bridgehead atoms. The summed E-state index contributed by atoms with van der Waals surface area (Å²) in [5.74, 6) is -0.111. The van der Waals surface area contributed by atoms with E-state index in [9.17, 15) is 9.59 Å². The van der Waals surface area contributed by atoms with Crippen LogP contribution in [0, 0.1) is 13.8 Å². The first kappa shape index (κ1) is 18.1. The first-order valence-corrected chi connectivity index (χ1v) is 9.89. The average molecular weight is 396 g/mol. The summed E-state index contributed by atoms with van der Waals surface area (Å²) in [4.78, 5) is 34.2. The van der Waals surface area contributed by atoms with Crippen molar-refractivity contribution in [2.24, 2.45) is 0 Å². The van der Waals surface area contributed by atoms with Crippen molar-refractivity contribution in [3.8, 4) is 0 Å². The normalized spacial score (nSPS) is 11.2. The fourth-order valence-corrected chi connectivity index (χ4v) is 4.72. The zero-order valence-electron chi connectivity index (χ0n) is 14.2. The molecule has 0 spiro atoms. The van der Waals surface area contributed by atoms with Gasteiger partial charge in [0, 0.05) is 16.3 Å². The number of hydrogen-bond donors (Lipinski definition) is 0. The van der Waals surface area contributed by atoms with Gasteiger partial charge in [-0.05, 0) is 38.5 Å². The Morgan fingerprint density at radius 1 is 1.32 bits per heavy atom. The number of carbonyl (C=O) groups excluding carboxylic acids is 1. The highest BCUT2D eigenvalue weighted by Gasteiger charge is 2.17. The van der Waals surface area contributed by atoms with Crippen LogP contribution in [0.25, 0.3) is 10.2 Å². The SMILES string of the molecule is CCN(Cc1ccc(Cl)s1)C(=O)Cn1cnc2sc(C)c(C)c2c1=O. The zero-order valence-corrected chi connectivity index (χ0v) is 16.6. The first-order valence-electron chi connectivity index (χ1n) is 7.87. The maximum atomic E-state index is 12.7. The summed E-state index contributed by atoms with van der Waals surface area (Å²) in [6.07, 6.45) is 1.47. The van der Waals surface area contributed by atoms with Crippen LogP contribution in [0.2, 0.25) is 4.34 Å². The van der Waals surface area contributed by atoms with Crippen LogP contribution in [-0.4, -0.2) is 26.9 Å². The molecule has 0 N–H and O–H groups in total. The molecule has 5 nitrogen and oxygen atoms in total. The summed E-state index contributed by atoms with van der Waals surface area (Å²) in [5.41, 5.74) is 0.787. The van der Waals surface area contributed by atoms with Crippen LogP contribution in [0.1, 0.15) is 22.2 Å². The summed E-state index contributed by atoms with van der Waals surface area (Å²) in [6, 6.07) is 3.74. The minimum Gasteiger partial charge on any atom is -0.336 e. The number of aromatic nitrogens is 2. The molecule has 8 heteroatoms. The lowest BCUT2D eigenvalue weighted by atomic mass is 10.2. The van der Waals surface area contributed by atoms with Crippen LogP contribution in [0.15, 0.2) is 23.3 Å². The van der Waals surface area contributed by atoms with Gasteiger partial charge in [0.2, 0.25) is 5.91 Å². The highest BCUT2D eigenvalue weighted by atomic mass is 35.5. The maximum absolute atomic E-state index is 12.7. The van der Waals surface area contributed by atoms with Gasteiger partial charge in [0.25, 0.3) is 5.56 Å². The van der Waals surface area contributed by atoms with E-state index in [2.05, 4.69) is 4.98 Å². The van der Waals surface area contributed by atoms with Crippen molar-refractivity contribution in [3.05, 3.63) is 48.5 Å². The minimum absolute atomic E-state index is 0.0109. The van der Waals surface area contributed by atoms with Gasteiger partial charge in [-0.25, -0.2) is 4.98 Å². The monoisotopic (exact) mass is 395 g/mol. The molecule has 0 fully saturated rings. The lowest BCUT2D eigenvalue weighted by Gasteiger charge is -2.20. The molecule has 0 aliphatic heterocycles. The number of thiophene rings is 2. The van der Waals surface area contributed by atoms with Crippen molar-refractivity contribution in [1.29, 1.82) is 0 Å². The molecule has 0 aromatic carbocycles. The molecule has 0 saturated carbocycles. The third-order valence-electron chi connectivity index (χ3n) is 4.17. The molecular formula is C17H18ClN3O2S2. The summed E-state index contributed by atoms with van der Waals surface area (Å²) in [5, 5.41) is 0.617. The van der Waals surface area contributed by atoms with Gasteiger partial charge in [0.05, 0.1) is 22.6 Å². The number of likely N-dealkylation sites (N-methyl/N-ethyl adjacent to an activating group) is 1. The van der Waals surface area contributed by atoms with Crippen molar-refractivity contribution in [1.82, 2.24) is 14.5 Å². The number of halogens is 1. The minimum atomic E-state index is -0.157. The van der Waals surface area contributed by atoms with E-state index in [-0.39, 0.29) is 18.0 Å². The molecule has 0 radical (unpaired) electrons. The molecule has 0 saturated heterocycles. The third-order valence-corrected chi connectivity index (χ3v) is 6.50. The maximum Gasteiger partial charge on any atom is 0.262 e. The van der Waals surface area contributed by atoms with Crippen LogP contribution < -0.4 is 5.56 Å². The molecule has 3 heterocycles. The molecule has 3 aromatic rings. The number of fused-ring (bicyclic) bond motifs is 1. The predicted molar refractivity (Wildman–Crippen MR) is 104 cm³/mol. The molecule has 0 atom stereocenters. The summed E-state index contributed by atoms with van der Waals surface area (Å²) < 4.78 is 2.10. The summed E-state index contributed by atoms with van der Waals surface area (Å²) >= 11 is 8.91. The number of nitrogens with zero attached hydrogens (tertiary/aromatic N) is 3. The molecule has 132 valence electrons. The van der Waals surface area contributed by atoms with Crippen LogP contribution in [0.5, 0.6) is 0 Å². The Morgan fingerprint density at radius 2 is 2.08 bits per heavy atom. The number of aryl methyl sites for hydroxylation is 2. The van der Waals surface area contributed by atoms with E-state index in [1.165, 1.54) is 33.6 Å². The van der Waals surface area contributed by atoms with E-state index in [0.29, 0.717) is 22.8 Å². The quantitative estimate of drug-likeness (QED) is 0.659. The molecule has 3 aromatic heterocycles. The van der Waals surface area contributed by atoms with Crippen LogP contribution >= 0.6 is 34.3 Å². The fourth-order valence-electron chi connectivity index (χ4n) is 2.63. The molecular weight excluding hydrogens is 378 g/mol. The van der Waals surface area contributed by atoms with E-state index in [0.717, 1.165) is 20.1 Å². The topological polar surface area (TPSA) is 55.2 Å². The van der Waals surface area contributed by atoms with Crippen LogP contribution in [0.4, 0.5) is 0 Å². The fraction of sp³-hybridized carbons (Fsp3) is 0.353. The van der Waals surface area contributed by atoms with Gasteiger partial charge in [0.1, 0.15) is 11.4 Å². The van der Waals surface area contributed by atoms with E-state index in [1.807, 2.05) is 32.9 Å². The Kier molecular flexibility index (Phi) is 5.27. The van der Waals surface area contributed by atoms with Gasteiger partial charge in [-0.2, -0.15) is 0 Å². The number of amides is 1. The Bertz CT molecular complexity index is 990. The molecule has 3 rings (SSSR count).